The molecule has 5 heterocycles. The Morgan fingerprint density at radius 2 is 2.02 bits per heavy atom. The van der Waals surface area contributed by atoms with Gasteiger partial charge in [0.1, 0.15) is 23.4 Å². The first-order chi connectivity index (χ1) is 23.2. The molecule has 2 aliphatic heterocycles. The Balaban J connectivity index is 0.971. The molecule has 3 N–H and O–H groups in total. The topological polar surface area (TPSA) is 142 Å². The molecule has 4 aromatic rings. The van der Waals surface area contributed by atoms with Crippen molar-refractivity contribution in [2.75, 3.05) is 23.8 Å². The number of carbonyl (C=O) groups is 2. The molecule has 0 bridgehead atoms. The summed E-state index contributed by atoms with van der Waals surface area (Å²) in [6.07, 6.45) is 11.4. The monoisotopic (exact) mass is 671 g/mol. The summed E-state index contributed by atoms with van der Waals surface area (Å²) in [7, 11) is 0. The van der Waals surface area contributed by atoms with Crippen LogP contribution in [-0.2, 0) is 35.3 Å². The van der Waals surface area contributed by atoms with Crippen LogP contribution in [0.2, 0.25) is 0 Å². The number of aromatic nitrogens is 4. The Bertz CT molecular complexity index is 1810. The van der Waals surface area contributed by atoms with Gasteiger partial charge in [-0.25, -0.2) is 19.4 Å². The molecule has 1 fully saturated rings. The van der Waals surface area contributed by atoms with Gasteiger partial charge in [-0.2, -0.15) is 5.10 Å². The number of benzene rings is 1. The molecule has 0 radical (unpaired) electrons. The molecule has 12 nitrogen and oxygen atoms in total. The molecule has 48 heavy (non-hydrogen) atoms. The predicted molar refractivity (Wildman–Crippen MR) is 183 cm³/mol. The first-order valence-corrected chi connectivity index (χ1v) is 17.4. The quantitative estimate of drug-likeness (QED) is 0.197. The van der Waals surface area contributed by atoms with Gasteiger partial charge >= 0.3 is 6.09 Å². The van der Waals surface area contributed by atoms with Crippen LogP contribution in [0.3, 0.4) is 0 Å². The third kappa shape index (κ3) is 7.31. The minimum absolute atomic E-state index is 0.0253. The first-order valence-electron chi connectivity index (χ1n) is 16.6. The summed E-state index contributed by atoms with van der Waals surface area (Å²) < 4.78 is 19.3. The Kier molecular flexibility index (Phi) is 9.06. The number of thiazole rings is 1. The number of amides is 2. The lowest BCUT2D eigenvalue weighted by Gasteiger charge is -2.25. The van der Waals surface area contributed by atoms with Crippen molar-refractivity contribution >= 4 is 34.3 Å². The summed E-state index contributed by atoms with van der Waals surface area (Å²) >= 11 is 1.45. The zero-order valence-electron chi connectivity index (χ0n) is 27.5. The van der Waals surface area contributed by atoms with E-state index in [-0.39, 0.29) is 18.2 Å². The van der Waals surface area contributed by atoms with E-state index < -0.39 is 11.7 Å². The van der Waals surface area contributed by atoms with E-state index in [0.29, 0.717) is 30.3 Å². The maximum absolute atomic E-state index is 13.2. The number of ether oxygens (including phenoxy) is 3. The van der Waals surface area contributed by atoms with Gasteiger partial charge < -0.3 is 24.8 Å². The number of aryl methyl sites for hydroxylation is 1. The Morgan fingerprint density at radius 3 is 2.85 bits per heavy atom. The van der Waals surface area contributed by atoms with Gasteiger partial charge in [-0.05, 0) is 70.6 Å². The maximum Gasteiger partial charge on any atom is 0.407 e. The summed E-state index contributed by atoms with van der Waals surface area (Å²) in [6.45, 7) is 7.39. The van der Waals surface area contributed by atoms with E-state index in [1.807, 2.05) is 62.2 Å². The average Bonchev–Trinajstić information content (AvgIpc) is 3.83. The summed E-state index contributed by atoms with van der Waals surface area (Å²) in [5, 5.41) is 14.5. The smallest absolute Gasteiger partial charge is 0.407 e. The van der Waals surface area contributed by atoms with Gasteiger partial charge in [0.15, 0.2) is 5.13 Å². The number of carbonyl (C=O) groups excluding carboxylic acids is 2. The highest BCUT2D eigenvalue weighted by molar-refractivity contribution is 7.15. The number of alkyl carbamates (subject to hydrolysis) is 1. The van der Waals surface area contributed by atoms with Gasteiger partial charge in [-0.15, -0.1) is 11.3 Å². The molecule has 0 spiro atoms. The zero-order chi connectivity index (χ0) is 33.3. The van der Waals surface area contributed by atoms with Gasteiger partial charge in [-0.3, -0.25) is 10.1 Å². The number of fused-ring (bicyclic) bond motifs is 2. The third-order valence-corrected chi connectivity index (χ3v) is 9.65. The van der Waals surface area contributed by atoms with E-state index in [2.05, 4.69) is 26.0 Å². The summed E-state index contributed by atoms with van der Waals surface area (Å²) in [6, 6.07) is 7.51. The van der Waals surface area contributed by atoms with Crippen LogP contribution >= 0.6 is 11.3 Å². The van der Waals surface area contributed by atoms with Crippen molar-refractivity contribution in [3.63, 3.8) is 0 Å². The number of hydrogen-bond acceptors (Lipinski definition) is 10. The molecular weight excluding hydrogens is 630 g/mol. The van der Waals surface area contributed by atoms with Crippen molar-refractivity contribution in [3.8, 4) is 16.9 Å². The summed E-state index contributed by atoms with van der Waals surface area (Å²) in [5.74, 6) is 1.39. The molecular formula is C35H41N7O5S. The molecule has 2 atom stereocenters. The van der Waals surface area contributed by atoms with Crippen LogP contribution in [0.4, 0.5) is 15.7 Å². The van der Waals surface area contributed by atoms with Crippen LogP contribution in [0, 0.1) is 0 Å². The number of nitrogens with zero attached hydrogens (tertiary/aromatic N) is 4. The molecule has 1 aromatic carbocycles. The predicted octanol–water partition coefficient (Wildman–Crippen LogP) is 6.28. The van der Waals surface area contributed by atoms with Crippen LogP contribution in [0.1, 0.15) is 84.7 Å². The Labute approximate surface area is 283 Å². The molecule has 2 amide bonds. The van der Waals surface area contributed by atoms with Gasteiger partial charge in [-0.1, -0.05) is 12.1 Å². The van der Waals surface area contributed by atoms with Gasteiger partial charge in [0.05, 0.1) is 18.5 Å². The van der Waals surface area contributed by atoms with Crippen molar-refractivity contribution in [1.29, 1.82) is 0 Å². The second-order valence-electron chi connectivity index (χ2n) is 13.4. The Hall–Kier alpha value is -4.49. The van der Waals surface area contributed by atoms with E-state index in [1.54, 1.807) is 6.07 Å². The molecule has 3 aromatic heterocycles. The minimum atomic E-state index is -0.548. The molecule has 13 heteroatoms. The van der Waals surface area contributed by atoms with E-state index in [0.717, 1.165) is 89.5 Å². The lowest BCUT2D eigenvalue weighted by atomic mass is 9.98. The lowest BCUT2D eigenvalue weighted by molar-refractivity contribution is -0.0394. The SMILES string of the molecule is CC(C)(C)OC(=O)NC1CCc2nc(NC(=O)c3cccc(CNc4ncc(-c5cnn(C6CCCCO6)c5)c5c4CCO5)c3)sc2C1. The van der Waals surface area contributed by atoms with E-state index in [9.17, 15) is 9.59 Å². The van der Waals surface area contributed by atoms with Crippen LogP contribution < -0.4 is 20.7 Å². The number of anilines is 2. The molecule has 7 rings (SSSR count). The third-order valence-electron chi connectivity index (χ3n) is 8.62. The minimum Gasteiger partial charge on any atom is -0.492 e. The normalized spacial score (nSPS) is 18.7. The van der Waals surface area contributed by atoms with Crippen LogP contribution in [0.15, 0.2) is 42.9 Å². The molecule has 1 aliphatic carbocycles. The highest BCUT2D eigenvalue weighted by atomic mass is 32.1. The summed E-state index contributed by atoms with van der Waals surface area (Å²) in [5.41, 5.74) is 4.84. The molecule has 0 saturated carbocycles. The number of nitrogens with one attached hydrogen (secondary N) is 3. The molecule has 252 valence electrons. The van der Waals surface area contributed by atoms with Gasteiger partial charge in [0.25, 0.3) is 5.91 Å². The molecule has 1 saturated heterocycles. The zero-order valence-corrected chi connectivity index (χ0v) is 28.3. The van der Waals surface area contributed by atoms with E-state index >= 15 is 0 Å². The van der Waals surface area contributed by atoms with Gasteiger partial charge in [0, 0.05) is 71.6 Å². The fourth-order valence-corrected chi connectivity index (χ4v) is 7.40. The lowest BCUT2D eigenvalue weighted by Crippen LogP contribution is -2.41. The summed E-state index contributed by atoms with van der Waals surface area (Å²) in [4.78, 5) is 36.0. The highest BCUT2D eigenvalue weighted by Gasteiger charge is 2.27. The second kappa shape index (κ2) is 13.6. The maximum atomic E-state index is 13.2. The number of hydrogen-bond donors (Lipinski definition) is 3. The molecule has 2 unspecified atom stereocenters. The second-order valence-corrected chi connectivity index (χ2v) is 14.5. The number of rotatable bonds is 8. The van der Waals surface area contributed by atoms with Crippen LogP contribution in [0.5, 0.6) is 5.75 Å². The van der Waals surface area contributed by atoms with Crippen molar-refractivity contribution in [1.82, 2.24) is 25.1 Å². The van der Waals surface area contributed by atoms with E-state index in [1.165, 1.54) is 11.3 Å². The standard InChI is InChI=1S/C35H41N7O5S/c1-35(2,3)47-34(44)39-24-10-11-27-28(16-24)48-33(40-27)41-32(43)22-8-6-7-21(15-22)17-36-31-25-12-14-46-30(25)26(19-37-31)23-18-38-42(20-23)29-9-4-5-13-45-29/h6-8,15,18-20,24,29H,4-5,9-14,16-17H2,1-3H3,(H,36,37)(H,39,44)(H,40,41,43). The first kappa shape index (κ1) is 32.1. The highest BCUT2D eigenvalue weighted by Crippen LogP contribution is 2.40. The molecule has 3 aliphatic rings. The van der Waals surface area contributed by atoms with Crippen molar-refractivity contribution in [2.24, 2.45) is 0 Å². The van der Waals surface area contributed by atoms with Crippen molar-refractivity contribution in [3.05, 3.63) is 70.1 Å². The largest absolute Gasteiger partial charge is 0.492 e. The van der Waals surface area contributed by atoms with Crippen LogP contribution in [0.25, 0.3) is 11.1 Å². The van der Waals surface area contributed by atoms with Crippen LogP contribution in [-0.4, -0.2) is 56.6 Å². The number of pyridine rings is 1. The van der Waals surface area contributed by atoms with Gasteiger partial charge in [0.2, 0.25) is 0 Å². The fraction of sp³-hybridized carbons (Fsp3) is 0.457. The van der Waals surface area contributed by atoms with Crippen molar-refractivity contribution < 1.29 is 23.8 Å². The average molecular weight is 672 g/mol. The van der Waals surface area contributed by atoms with Crippen molar-refractivity contribution in [2.45, 2.75) is 90.1 Å². The fourth-order valence-electron chi connectivity index (χ4n) is 6.32. The Morgan fingerprint density at radius 1 is 1.12 bits per heavy atom. The van der Waals surface area contributed by atoms with E-state index in [4.69, 9.17) is 19.2 Å².